The van der Waals surface area contributed by atoms with Gasteiger partial charge in [0.15, 0.2) is 5.69 Å². The summed E-state index contributed by atoms with van der Waals surface area (Å²) >= 11 is 0. The van der Waals surface area contributed by atoms with Crippen LogP contribution in [0.2, 0.25) is 0 Å². The van der Waals surface area contributed by atoms with Crippen LogP contribution in [0, 0.1) is 6.92 Å². The Morgan fingerprint density at radius 1 is 1.21 bits per heavy atom. The summed E-state index contributed by atoms with van der Waals surface area (Å²) in [4.78, 5) is 26.4. The number of nitrogens with zero attached hydrogens (tertiary/aromatic N) is 2. The normalized spacial score (nSPS) is 14.5. The highest BCUT2D eigenvalue weighted by Crippen LogP contribution is 2.14. The van der Waals surface area contributed by atoms with Crippen LogP contribution < -0.4 is 5.32 Å². The monoisotopic (exact) mass is 327 g/mol. The van der Waals surface area contributed by atoms with Gasteiger partial charge in [0.05, 0.1) is 0 Å². The van der Waals surface area contributed by atoms with E-state index >= 15 is 0 Å². The quantitative estimate of drug-likeness (QED) is 0.936. The molecule has 0 saturated carbocycles. The molecule has 6 nitrogen and oxygen atoms in total. The van der Waals surface area contributed by atoms with Crippen molar-refractivity contribution in [2.45, 2.75) is 32.7 Å². The first kappa shape index (κ1) is 16.2. The predicted octanol–water partition coefficient (Wildman–Crippen LogP) is 2.54. The first-order valence-electron chi connectivity index (χ1n) is 8.23. The third-order valence-electron chi connectivity index (χ3n) is 4.13. The van der Waals surface area contributed by atoms with Gasteiger partial charge < -0.3 is 14.7 Å². The minimum Gasteiger partial charge on any atom is -0.361 e. The van der Waals surface area contributed by atoms with E-state index in [1.165, 1.54) is 6.42 Å². The number of carbonyl (C=O) groups excluding carboxylic acids is 2. The van der Waals surface area contributed by atoms with Crippen molar-refractivity contribution in [2.75, 3.05) is 13.1 Å². The number of likely N-dealkylation sites (tertiary alicyclic amines) is 1. The smallest absolute Gasteiger partial charge is 0.273 e. The highest BCUT2D eigenvalue weighted by atomic mass is 16.5. The second kappa shape index (κ2) is 7.29. The first-order chi connectivity index (χ1) is 11.6. The molecule has 1 saturated heterocycles. The Hall–Kier alpha value is -2.63. The van der Waals surface area contributed by atoms with Crippen molar-refractivity contribution in [3.8, 4) is 0 Å². The zero-order valence-electron chi connectivity index (χ0n) is 13.7. The summed E-state index contributed by atoms with van der Waals surface area (Å²) < 4.78 is 4.89. The van der Waals surface area contributed by atoms with Crippen LogP contribution in [-0.4, -0.2) is 35.0 Å². The van der Waals surface area contributed by atoms with Crippen molar-refractivity contribution < 1.29 is 14.1 Å². The lowest BCUT2D eigenvalue weighted by Crippen LogP contribution is -2.35. The average molecular weight is 327 g/mol. The van der Waals surface area contributed by atoms with Gasteiger partial charge in [-0.1, -0.05) is 17.3 Å². The molecule has 0 aliphatic carbocycles. The van der Waals surface area contributed by atoms with Crippen LogP contribution in [0.4, 0.5) is 0 Å². The Morgan fingerprint density at radius 2 is 2.00 bits per heavy atom. The second-order valence-corrected chi connectivity index (χ2v) is 6.06. The molecule has 1 aliphatic rings. The molecule has 2 amide bonds. The molecule has 2 heterocycles. The molecule has 24 heavy (non-hydrogen) atoms. The van der Waals surface area contributed by atoms with Gasteiger partial charge in [0.25, 0.3) is 11.8 Å². The minimum absolute atomic E-state index is 0.0648. The largest absolute Gasteiger partial charge is 0.361 e. The van der Waals surface area contributed by atoms with Gasteiger partial charge in [-0.15, -0.1) is 0 Å². The molecule has 0 bridgehead atoms. The lowest BCUT2D eigenvalue weighted by Gasteiger charge is -2.26. The Morgan fingerprint density at radius 3 is 2.71 bits per heavy atom. The maximum atomic E-state index is 12.5. The van der Waals surface area contributed by atoms with E-state index in [0.717, 1.165) is 31.5 Å². The number of hydrogen-bond acceptors (Lipinski definition) is 4. The van der Waals surface area contributed by atoms with Gasteiger partial charge in [0.2, 0.25) is 0 Å². The molecule has 1 aliphatic heterocycles. The molecule has 1 aromatic heterocycles. The molecule has 126 valence electrons. The number of amides is 2. The maximum absolute atomic E-state index is 12.5. The van der Waals surface area contributed by atoms with Crippen molar-refractivity contribution in [2.24, 2.45) is 0 Å². The van der Waals surface area contributed by atoms with Crippen molar-refractivity contribution in [1.29, 1.82) is 0 Å². The van der Waals surface area contributed by atoms with E-state index in [0.29, 0.717) is 17.9 Å². The first-order valence-corrected chi connectivity index (χ1v) is 8.23. The Balaban J connectivity index is 1.62. The minimum atomic E-state index is -0.292. The van der Waals surface area contributed by atoms with Gasteiger partial charge in [0.1, 0.15) is 5.76 Å². The van der Waals surface area contributed by atoms with Crippen LogP contribution in [0.3, 0.4) is 0 Å². The van der Waals surface area contributed by atoms with E-state index in [9.17, 15) is 9.59 Å². The molecule has 3 rings (SSSR count). The molecule has 0 spiro atoms. The lowest BCUT2D eigenvalue weighted by atomic mass is 10.1. The Kier molecular flexibility index (Phi) is 4.93. The van der Waals surface area contributed by atoms with E-state index in [1.54, 1.807) is 13.0 Å². The molecule has 0 atom stereocenters. The van der Waals surface area contributed by atoms with Gasteiger partial charge >= 0.3 is 0 Å². The predicted molar refractivity (Wildman–Crippen MR) is 88.6 cm³/mol. The third-order valence-corrected chi connectivity index (χ3v) is 4.13. The van der Waals surface area contributed by atoms with Crippen molar-refractivity contribution >= 4 is 11.8 Å². The van der Waals surface area contributed by atoms with Crippen LogP contribution in [0.15, 0.2) is 34.9 Å². The summed E-state index contributed by atoms with van der Waals surface area (Å²) in [5.41, 5.74) is 1.81. The fraction of sp³-hybridized carbons (Fsp3) is 0.389. The summed E-state index contributed by atoms with van der Waals surface area (Å²) in [5.74, 6) is 0.365. The zero-order valence-corrected chi connectivity index (χ0v) is 13.7. The molecular formula is C18H21N3O3. The summed E-state index contributed by atoms with van der Waals surface area (Å²) in [6, 6.07) is 8.99. The van der Waals surface area contributed by atoms with E-state index in [2.05, 4.69) is 10.5 Å². The summed E-state index contributed by atoms with van der Waals surface area (Å²) in [6.07, 6.45) is 3.33. The number of aromatic nitrogens is 1. The van der Waals surface area contributed by atoms with Gasteiger partial charge in [0, 0.05) is 31.3 Å². The molecule has 6 heteroatoms. The Labute approximate surface area is 140 Å². The van der Waals surface area contributed by atoms with Gasteiger partial charge in [-0.2, -0.15) is 0 Å². The van der Waals surface area contributed by atoms with E-state index in [-0.39, 0.29) is 17.5 Å². The number of piperidine rings is 1. The number of benzene rings is 1. The molecule has 0 unspecified atom stereocenters. The van der Waals surface area contributed by atoms with Gasteiger partial charge in [-0.05, 0) is 43.9 Å². The van der Waals surface area contributed by atoms with Crippen LogP contribution in [0.1, 0.15) is 51.4 Å². The third kappa shape index (κ3) is 3.82. The van der Waals surface area contributed by atoms with Crippen LogP contribution in [-0.2, 0) is 6.54 Å². The average Bonchev–Trinajstić information content (AvgIpc) is 3.06. The number of hydrogen-bond donors (Lipinski definition) is 1. The van der Waals surface area contributed by atoms with Gasteiger partial charge in [-0.25, -0.2) is 0 Å². The van der Waals surface area contributed by atoms with Crippen LogP contribution in [0.5, 0.6) is 0 Å². The molecular weight excluding hydrogens is 306 g/mol. The molecule has 1 aromatic carbocycles. The van der Waals surface area contributed by atoms with Crippen molar-refractivity contribution in [3.63, 3.8) is 0 Å². The van der Waals surface area contributed by atoms with Crippen LogP contribution >= 0.6 is 0 Å². The lowest BCUT2D eigenvalue weighted by molar-refractivity contribution is 0.0724. The summed E-state index contributed by atoms with van der Waals surface area (Å²) in [5, 5.41) is 6.48. The molecule has 1 fully saturated rings. The van der Waals surface area contributed by atoms with E-state index in [4.69, 9.17) is 4.52 Å². The molecule has 0 radical (unpaired) electrons. The number of carbonyl (C=O) groups is 2. The topological polar surface area (TPSA) is 75.4 Å². The SMILES string of the molecule is Cc1cc(C(=O)NCc2cccc(C(=O)N3CCCCC3)c2)no1. The molecule has 2 aromatic rings. The second-order valence-electron chi connectivity index (χ2n) is 6.06. The summed E-state index contributed by atoms with van der Waals surface area (Å²) in [6.45, 7) is 3.72. The Bertz CT molecular complexity index is 733. The maximum Gasteiger partial charge on any atom is 0.273 e. The standard InChI is InChI=1S/C18H21N3O3/c1-13-10-16(20-24-13)17(22)19-12-14-6-5-7-15(11-14)18(23)21-8-3-2-4-9-21/h5-7,10-11H,2-4,8-9,12H2,1H3,(H,19,22). The number of nitrogens with one attached hydrogen (secondary N) is 1. The van der Waals surface area contributed by atoms with Gasteiger partial charge in [-0.3, -0.25) is 9.59 Å². The van der Waals surface area contributed by atoms with Crippen LogP contribution in [0.25, 0.3) is 0 Å². The highest BCUT2D eigenvalue weighted by molar-refractivity contribution is 5.94. The van der Waals surface area contributed by atoms with E-state index < -0.39 is 0 Å². The number of rotatable bonds is 4. The zero-order chi connectivity index (χ0) is 16.9. The van der Waals surface area contributed by atoms with Crippen molar-refractivity contribution in [1.82, 2.24) is 15.4 Å². The fourth-order valence-electron chi connectivity index (χ4n) is 2.84. The summed E-state index contributed by atoms with van der Waals surface area (Å²) in [7, 11) is 0. The fourth-order valence-corrected chi connectivity index (χ4v) is 2.84. The highest BCUT2D eigenvalue weighted by Gasteiger charge is 2.18. The van der Waals surface area contributed by atoms with Crippen molar-refractivity contribution in [3.05, 3.63) is 52.9 Å². The van der Waals surface area contributed by atoms with E-state index in [1.807, 2.05) is 29.2 Å². The number of aryl methyl sites for hydroxylation is 1. The molecule has 1 N–H and O–H groups in total.